The summed E-state index contributed by atoms with van der Waals surface area (Å²) in [6.45, 7) is 4.24. The van der Waals surface area contributed by atoms with Crippen LogP contribution in [0.1, 0.15) is 25.3 Å². The van der Waals surface area contributed by atoms with Gasteiger partial charge in [0.2, 0.25) is 0 Å². The highest BCUT2D eigenvalue weighted by molar-refractivity contribution is 6.42. The van der Waals surface area contributed by atoms with Gasteiger partial charge in [0.15, 0.2) is 0 Å². The summed E-state index contributed by atoms with van der Waals surface area (Å²) in [5.41, 5.74) is 1.73. The van der Waals surface area contributed by atoms with Crippen LogP contribution in [0.15, 0.2) is 18.2 Å². The third-order valence-corrected chi connectivity index (χ3v) is 5.96. The molecule has 3 atom stereocenters. The predicted molar refractivity (Wildman–Crippen MR) is 79.1 cm³/mol. The van der Waals surface area contributed by atoms with Gasteiger partial charge in [0.05, 0.1) is 16.1 Å². The molecule has 1 N–H and O–H groups in total. The second-order valence-electron chi connectivity index (χ2n) is 5.85. The third-order valence-electron chi connectivity index (χ3n) is 5.22. The van der Waals surface area contributed by atoms with Crippen LogP contribution in [0.5, 0.6) is 0 Å². The average molecular weight is 300 g/mol. The topological polar surface area (TPSA) is 21.3 Å². The molecule has 4 heteroatoms. The van der Waals surface area contributed by atoms with E-state index in [1.807, 2.05) is 12.1 Å². The van der Waals surface area contributed by atoms with Crippen LogP contribution in [0.3, 0.4) is 0 Å². The zero-order chi connectivity index (χ0) is 13.7. The molecule has 0 amide bonds. The van der Waals surface area contributed by atoms with Crippen LogP contribution in [0.4, 0.5) is 0 Å². The predicted octanol–water partition coefficient (Wildman–Crippen LogP) is 3.65. The Hall–Kier alpha value is -0.280. The lowest BCUT2D eigenvalue weighted by atomic mass is 9.78. The molecule has 1 saturated heterocycles. The van der Waals surface area contributed by atoms with E-state index < -0.39 is 0 Å². The van der Waals surface area contributed by atoms with E-state index in [4.69, 9.17) is 27.9 Å². The number of methoxy groups -OCH3 is 1. The van der Waals surface area contributed by atoms with E-state index in [1.54, 1.807) is 7.11 Å². The van der Waals surface area contributed by atoms with Crippen molar-refractivity contribution in [3.05, 3.63) is 33.8 Å². The maximum atomic E-state index is 6.19. The van der Waals surface area contributed by atoms with E-state index in [-0.39, 0.29) is 16.9 Å². The summed E-state index contributed by atoms with van der Waals surface area (Å²) < 4.78 is 5.64. The highest BCUT2D eigenvalue weighted by atomic mass is 35.5. The number of rotatable bonds is 3. The Morgan fingerprint density at radius 2 is 2.11 bits per heavy atom. The molecule has 3 rings (SSSR count). The van der Waals surface area contributed by atoms with Gasteiger partial charge in [-0.1, -0.05) is 29.3 Å². The fourth-order valence-corrected chi connectivity index (χ4v) is 4.20. The number of benzene rings is 1. The van der Waals surface area contributed by atoms with Gasteiger partial charge in [-0.15, -0.1) is 0 Å². The fourth-order valence-electron chi connectivity index (χ4n) is 3.91. The largest absolute Gasteiger partial charge is 0.381 e. The number of fused-ring (bicyclic) bond motifs is 1. The first-order valence-corrected chi connectivity index (χ1v) is 7.50. The minimum atomic E-state index is 0.206. The Labute approximate surface area is 124 Å². The first kappa shape index (κ1) is 13.7. The van der Waals surface area contributed by atoms with Crippen LogP contribution < -0.4 is 5.32 Å². The summed E-state index contributed by atoms with van der Waals surface area (Å²) in [4.78, 5) is 0. The van der Waals surface area contributed by atoms with E-state index in [2.05, 4.69) is 18.3 Å². The van der Waals surface area contributed by atoms with E-state index >= 15 is 0 Å². The standard InChI is InChI=1S/C15H19Cl2NO/c1-10(19-2)15-8-14(15,5-6-18-9-15)11-3-4-12(16)13(17)7-11/h3-4,7,10,18H,5-6,8-9H2,1-2H3/t10-,14-,15?/m1/s1. The molecule has 0 spiro atoms. The van der Waals surface area contributed by atoms with Gasteiger partial charge in [-0.25, -0.2) is 0 Å². The molecule has 0 bridgehead atoms. The van der Waals surface area contributed by atoms with E-state index in [0.29, 0.717) is 10.0 Å². The monoisotopic (exact) mass is 299 g/mol. The lowest BCUT2D eigenvalue weighted by molar-refractivity contribution is 0.0353. The second kappa shape index (κ2) is 4.63. The van der Waals surface area contributed by atoms with Crippen LogP contribution >= 0.6 is 23.2 Å². The van der Waals surface area contributed by atoms with Gasteiger partial charge in [0.1, 0.15) is 0 Å². The van der Waals surface area contributed by atoms with Crippen molar-refractivity contribution in [1.82, 2.24) is 5.32 Å². The Bertz CT molecular complexity index is 507. The zero-order valence-electron chi connectivity index (χ0n) is 11.3. The molecule has 1 aliphatic heterocycles. The highest BCUT2D eigenvalue weighted by Crippen LogP contribution is 2.69. The van der Waals surface area contributed by atoms with Crippen molar-refractivity contribution in [3.8, 4) is 0 Å². The lowest BCUT2D eigenvalue weighted by Crippen LogP contribution is -2.44. The Kier molecular flexibility index (Phi) is 3.33. The Morgan fingerprint density at radius 1 is 1.32 bits per heavy atom. The number of hydrogen-bond donors (Lipinski definition) is 1. The van der Waals surface area contributed by atoms with Gasteiger partial charge in [0, 0.05) is 24.5 Å². The molecule has 2 fully saturated rings. The molecule has 0 aromatic heterocycles. The molecular formula is C15H19Cl2NO. The second-order valence-corrected chi connectivity index (χ2v) is 6.66. The molecule has 1 saturated carbocycles. The van der Waals surface area contributed by atoms with E-state index in [1.165, 1.54) is 12.0 Å². The number of ether oxygens (including phenoxy) is 1. The maximum Gasteiger partial charge on any atom is 0.0620 e. The van der Waals surface area contributed by atoms with Crippen molar-refractivity contribution >= 4 is 23.2 Å². The Morgan fingerprint density at radius 3 is 2.79 bits per heavy atom. The molecule has 19 heavy (non-hydrogen) atoms. The van der Waals surface area contributed by atoms with Crippen molar-refractivity contribution in [2.45, 2.75) is 31.3 Å². The van der Waals surface area contributed by atoms with Crippen molar-refractivity contribution in [1.29, 1.82) is 0 Å². The molecular weight excluding hydrogens is 281 g/mol. The van der Waals surface area contributed by atoms with Gasteiger partial charge in [-0.05, 0) is 44.0 Å². The van der Waals surface area contributed by atoms with Crippen molar-refractivity contribution in [3.63, 3.8) is 0 Å². The van der Waals surface area contributed by atoms with Crippen LogP contribution in [-0.4, -0.2) is 26.3 Å². The van der Waals surface area contributed by atoms with Gasteiger partial charge in [0.25, 0.3) is 0 Å². The van der Waals surface area contributed by atoms with Gasteiger partial charge in [-0.2, -0.15) is 0 Å². The number of halogens is 2. The van der Waals surface area contributed by atoms with Crippen LogP contribution in [0.2, 0.25) is 10.0 Å². The van der Waals surface area contributed by atoms with Crippen LogP contribution in [-0.2, 0) is 10.2 Å². The number of hydrogen-bond acceptors (Lipinski definition) is 2. The van der Waals surface area contributed by atoms with Crippen LogP contribution in [0.25, 0.3) is 0 Å². The Balaban J connectivity index is 2.00. The van der Waals surface area contributed by atoms with Crippen molar-refractivity contribution in [2.24, 2.45) is 5.41 Å². The molecule has 1 aromatic carbocycles. The third kappa shape index (κ3) is 1.84. The smallest absolute Gasteiger partial charge is 0.0620 e. The van der Waals surface area contributed by atoms with Crippen molar-refractivity contribution in [2.75, 3.05) is 20.2 Å². The zero-order valence-corrected chi connectivity index (χ0v) is 12.8. The van der Waals surface area contributed by atoms with E-state index in [0.717, 1.165) is 19.5 Å². The minimum Gasteiger partial charge on any atom is -0.381 e. The molecule has 1 heterocycles. The molecule has 2 aliphatic rings. The summed E-state index contributed by atoms with van der Waals surface area (Å²) >= 11 is 12.2. The quantitative estimate of drug-likeness (QED) is 0.920. The summed E-state index contributed by atoms with van der Waals surface area (Å²) in [6, 6.07) is 6.08. The number of piperidine rings is 1. The average Bonchev–Trinajstić information content (AvgIpc) is 3.13. The number of nitrogens with one attached hydrogen (secondary N) is 1. The summed E-state index contributed by atoms with van der Waals surface area (Å²) in [5, 5.41) is 4.79. The lowest BCUT2D eigenvalue weighted by Gasteiger charge is -2.35. The fraction of sp³-hybridized carbons (Fsp3) is 0.600. The van der Waals surface area contributed by atoms with Crippen LogP contribution in [0, 0.1) is 5.41 Å². The first-order valence-electron chi connectivity index (χ1n) is 6.75. The minimum absolute atomic E-state index is 0.206. The molecule has 1 aromatic rings. The van der Waals surface area contributed by atoms with Gasteiger partial charge in [-0.3, -0.25) is 0 Å². The normalized spacial score (nSPS) is 34.7. The first-order chi connectivity index (χ1) is 9.06. The molecule has 1 aliphatic carbocycles. The van der Waals surface area contributed by atoms with Gasteiger partial charge >= 0.3 is 0 Å². The summed E-state index contributed by atoms with van der Waals surface area (Å²) in [7, 11) is 1.80. The maximum absolute atomic E-state index is 6.19. The molecule has 0 radical (unpaired) electrons. The summed E-state index contributed by atoms with van der Waals surface area (Å²) in [5.74, 6) is 0. The van der Waals surface area contributed by atoms with E-state index in [9.17, 15) is 0 Å². The summed E-state index contributed by atoms with van der Waals surface area (Å²) in [6.07, 6.45) is 2.55. The SMILES string of the molecule is CO[C@H](C)C12CNCC[C@]1(c1ccc(Cl)c(Cl)c1)C2. The molecule has 1 unspecified atom stereocenters. The van der Waals surface area contributed by atoms with Gasteiger partial charge < -0.3 is 10.1 Å². The van der Waals surface area contributed by atoms with Crippen molar-refractivity contribution < 1.29 is 4.74 Å². The highest BCUT2D eigenvalue weighted by Gasteiger charge is 2.71. The molecule has 104 valence electrons. The molecule has 2 nitrogen and oxygen atoms in total.